The van der Waals surface area contributed by atoms with E-state index in [1.54, 1.807) is 26.0 Å². The van der Waals surface area contributed by atoms with E-state index in [9.17, 15) is 14.4 Å². The average Bonchev–Trinajstić information content (AvgIpc) is 2.72. The minimum Gasteiger partial charge on any atom is -0.493 e. The molecule has 1 aromatic carbocycles. The van der Waals surface area contributed by atoms with Crippen LogP contribution in [-0.4, -0.2) is 47.9 Å². The van der Waals surface area contributed by atoms with Gasteiger partial charge in [-0.3, -0.25) is 19.4 Å². The standard InChI is InChI=1S/C16H20N2O5/c1-9(2)18-15(20)14(19)17(16(18)21)8-11-7-13(23-5)12(22-4)6-10(11)3/h6-7,9H,8H2,1-5H3. The fourth-order valence-corrected chi connectivity index (χ4v) is 2.48. The predicted molar refractivity (Wildman–Crippen MR) is 82.2 cm³/mol. The van der Waals surface area contributed by atoms with Crippen molar-refractivity contribution in [2.75, 3.05) is 14.2 Å². The van der Waals surface area contributed by atoms with Gasteiger partial charge in [0, 0.05) is 6.04 Å². The Balaban J connectivity index is 2.34. The van der Waals surface area contributed by atoms with Crippen LogP contribution < -0.4 is 9.47 Å². The van der Waals surface area contributed by atoms with Crippen molar-refractivity contribution < 1.29 is 23.9 Å². The maximum absolute atomic E-state index is 12.3. The monoisotopic (exact) mass is 320 g/mol. The molecule has 1 fully saturated rings. The van der Waals surface area contributed by atoms with Crippen LogP contribution in [0.4, 0.5) is 4.79 Å². The van der Waals surface area contributed by atoms with Gasteiger partial charge in [-0.05, 0) is 44.0 Å². The maximum atomic E-state index is 12.3. The zero-order valence-electron chi connectivity index (χ0n) is 13.9. The van der Waals surface area contributed by atoms with Crippen LogP contribution in [0.5, 0.6) is 11.5 Å². The molecular formula is C16H20N2O5. The molecule has 0 aliphatic carbocycles. The van der Waals surface area contributed by atoms with Gasteiger partial charge in [-0.15, -0.1) is 0 Å². The Morgan fingerprint density at radius 1 is 1.00 bits per heavy atom. The summed E-state index contributed by atoms with van der Waals surface area (Å²) in [5, 5.41) is 0. The Hall–Kier alpha value is -2.57. The van der Waals surface area contributed by atoms with Crippen LogP contribution >= 0.6 is 0 Å². The van der Waals surface area contributed by atoms with Crippen LogP contribution in [0.1, 0.15) is 25.0 Å². The van der Waals surface area contributed by atoms with Gasteiger partial charge in [-0.2, -0.15) is 0 Å². The number of ether oxygens (including phenoxy) is 2. The van der Waals surface area contributed by atoms with Crippen LogP contribution in [0.2, 0.25) is 0 Å². The van der Waals surface area contributed by atoms with Crippen molar-refractivity contribution in [1.82, 2.24) is 9.80 Å². The Morgan fingerprint density at radius 2 is 1.57 bits per heavy atom. The summed E-state index contributed by atoms with van der Waals surface area (Å²) in [7, 11) is 3.04. The first kappa shape index (κ1) is 16.8. The number of rotatable bonds is 5. The average molecular weight is 320 g/mol. The fourth-order valence-electron chi connectivity index (χ4n) is 2.48. The normalized spacial score (nSPS) is 15.0. The van der Waals surface area contributed by atoms with Gasteiger partial charge in [-0.25, -0.2) is 4.79 Å². The first-order valence-electron chi connectivity index (χ1n) is 7.22. The second-order valence-electron chi connectivity index (χ2n) is 5.58. The Kier molecular flexibility index (Phi) is 4.58. The SMILES string of the molecule is COc1cc(C)c(CN2C(=O)C(=O)N(C(C)C)C2=O)cc1OC. The van der Waals surface area contributed by atoms with Crippen LogP contribution in [-0.2, 0) is 16.1 Å². The van der Waals surface area contributed by atoms with Crippen molar-refractivity contribution in [3.05, 3.63) is 23.3 Å². The molecule has 1 aromatic rings. The molecule has 7 heteroatoms. The van der Waals surface area contributed by atoms with Gasteiger partial charge in [0.25, 0.3) is 0 Å². The molecule has 0 aromatic heterocycles. The Labute approximate surface area is 134 Å². The molecule has 4 amide bonds. The number of amides is 4. The third-order valence-electron chi connectivity index (χ3n) is 3.77. The smallest absolute Gasteiger partial charge is 0.334 e. The summed E-state index contributed by atoms with van der Waals surface area (Å²) in [6.45, 7) is 5.23. The number of nitrogens with zero attached hydrogens (tertiary/aromatic N) is 2. The quantitative estimate of drug-likeness (QED) is 0.610. The summed E-state index contributed by atoms with van der Waals surface area (Å²) in [6, 6.07) is 2.51. The lowest BCUT2D eigenvalue weighted by molar-refractivity contribution is -0.144. The zero-order chi connectivity index (χ0) is 17.3. The second kappa shape index (κ2) is 6.28. The molecule has 0 N–H and O–H groups in total. The number of hydrogen-bond acceptors (Lipinski definition) is 5. The van der Waals surface area contributed by atoms with Crippen molar-refractivity contribution in [2.45, 2.75) is 33.4 Å². The number of benzene rings is 1. The first-order valence-corrected chi connectivity index (χ1v) is 7.22. The highest BCUT2D eigenvalue weighted by atomic mass is 16.5. The molecule has 23 heavy (non-hydrogen) atoms. The van der Waals surface area contributed by atoms with Crippen molar-refractivity contribution in [1.29, 1.82) is 0 Å². The number of carbonyl (C=O) groups excluding carboxylic acids is 3. The number of imide groups is 2. The van der Waals surface area contributed by atoms with Crippen LogP contribution in [0.25, 0.3) is 0 Å². The molecule has 7 nitrogen and oxygen atoms in total. The molecule has 0 spiro atoms. The van der Waals surface area contributed by atoms with E-state index in [0.29, 0.717) is 17.1 Å². The first-order chi connectivity index (χ1) is 10.8. The molecule has 0 bridgehead atoms. The van der Waals surface area contributed by atoms with Gasteiger partial charge in [0.05, 0.1) is 20.8 Å². The highest BCUT2D eigenvalue weighted by molar-refractivity contribution is 6.44. The summed E-state index contributed by atoms with van der Waals surface area (Å²) in [4.78, 5) is 38.3. The summed E-state index contributed by atoms with van der Waals surface area (Å²) in [5.41, 5.74) is 1.54. The van der Waals surface area contributed by atoms with Gasteiger partial charge in [0.15, 0.2) is 11.5 Å². The molecule has 2 rings (SSSR count). The lowest BCUT2D eigenvalue weighted by atomic mass is 10.1. The van der Waals surface area contributed by atoms with Gasteiger partial charge < -0.3 is 9.47 Å². The van der Waals surface area contributed by atoms with E-state index < -0.39 is 17.8 Å². The lowest BCUT2D eigenvalue weighted by Crippen LogP contribution is -2.37. The van der Waals surface area contributed by atoms with E-state index in [2.05, 4.69) is 0 Å². The second-order valence-corrected chi connectivity index (χ2v) is 5.58. The molecule has 1 heterocycles. The minimum atomic E-state index is -0.808. The number of carbonyl (C=O) groups is 3. The summed E-state index contributed by atoms with van der Waals surface area (Å²) in [6.07, 6.45) is 0. The topological polar surface area (TPSA) is 76.2 Å². The van der Waals surface area contributed by atoms with E-state index in [-0.39, 0.29) is 12.6 Å². The van der Waals surface area contributed by atoms with Crippen molar-refractivity contribution in [3.8, 4) is 11.5 Å². The third kappa shape index (κ3) is 2.86. The molecule has 1 saturated heterocycles. The Morgan fingerprint density at radius 3 is 2.04 bits per heavy atom. The summed E-state index contributed by atoms with van der Waals surface area (Å²) >= 11 is 0. The van der Waals surface area contributed by atoms with Gasteiger partial charge in [0.2, 0.25) is 0 Å². The van der Waals surface area contributed by atoms with E-state index in [0.717, 1.165) is 15.4 Å². The molecule has 0 radical (unpaired) electrons. The largest absolute Gasteiger partial charge is 0.493 e. The fraction of sp³-hybridized carbons (Fsp3) is 0.438. The van der Waals surface area contributed by atoms with Gasteiger partial charge in [-0.1, -0.05) is 0 Å². The van der Waals surface area contributed by atoms with Gasteiger partial charge >= 0.3 is 17.8 Å². The highest BCUT2D eigenvalue weighted by Gasteiger charge is 2.45. The molecule has 1 aliphatic heterocycles. The number of aryl methyl sites for hydroxylation is 1. The molecule has 0 saturated carbocycles. The van der Waals surface area contributed by atoms with E-state index in [4.69, 9.17) is 9.47 Å². The highest BCUT2D eigenvalue weighted by Crippen LogP contribution is 2.31. The van der Waals surface area contributed by atoms with Crippen molar-refractivity contribution >= 4 is 17.8 Å². The number of urea groups is 1. The Bertz CT molecular complexity index is 669. The van der Waals surface area contributed by atoms with E-state index in [1.807, 2.05) is 6.92 Å². The lowest BCUT2D eigenvalue weighted by Gasteiger charge is -2.19. The van der Waals surface area contributed by atoms with Crippen molar-refractivity contribution in [3.63, 3.8) is 0 Å². The molecule has 124 valence electrons. The van der Waals surface area contributed by atoms with Crippen LogP contribution in [0.3, 0.4) is 0 Å². The number of hydrogen-bond donors (Lipinski definition) is 0. The maximum Gasteiger partial charge on any atom is 0.334 e. The molecular weight excluding hydrogens is 300 g/mol. The van der Waals surface area contributed by atoms with Gasteiger partial charge in [0.1, 0.15) is 0 Å². The number of methoxy groups -OCH3 is 2. The van der Waals surface area contributed by atoms with Crippen LogP contribution in [0.15, 0.2) is 12.1 Å². The van der Waals surface area contributed by atoms with Crippen molar-refractivity contribution in [2.24, 2.45) is 0 Å². The van der Waals surface area contributed by atoms with E-state index >= 15 is 0 Å². The van der Waals surface area contributed by atoms with Crippen LogP contribution in [0, 0.1) is 6.92 Å². The summed E-state index contributed by atoms with van der Waals surface area (Å²) in [5.74, 6) is -0.534. The minimum absolute atomic E-state index is 0.0127. The zero-order valence-corrected chi connectivity index (χ0v) is 13.9. The molecule has 0 atom stereocenters. The third-order valence-corrected chi connectivity index (χ3v) is 3.77. The van der Waals surface area contributed by atoms with E-state index in [1.165, 1.54) is 14.2 Å². The summed E-state index contributed by atoms with van der Waals surface area (Å²) < 4.78 is 10.5. The predicted octanol–water partition coefficient (Wildman–Crippen LogP) is 1.71. The molecule has 1 aliphatic rings. The molecule has 0 unspecified atom stereocenters.